The Kier molecular flexibility index (Phi) is 3.46. The molecule has 0 radical (unpaired) electrons. The Morgan fingerprint density at radius 2 is 1.52 bits per heavy atom. The minimum atomic E-state index is 0.0765. The molecule has 0 aliphatic heterocycles. The van der Waals surface area contributed by atoms with Gasteiger partial charge in [-0.3, -0.25) is 0 Å². The van der Waals surface area contributed by atoms with Gasteiger partial charge >= 0.3 is 0 Å². The number of oxazole rings is 2. The van der Waals surface area contributed by atoms with Gasteiger partial charge in [0.15, 0.2) is 17.1 Å². The van der Waals surface area contributed by atoms with Crippen LogP contribution in [0.2, 0.25) is 0 Å². The number of benzene rings is 2. The molecule has 4 aromatic rings. The molecule has 0 unspecified atom stereocenters. The number of hydrogen-bond donors (Lipinski definition) is 0. The fraction of sp³-hybridized carbons (Fsp3) is 0.333. The predicted octanol–water partition coefficient (Wildman–Crippen LogP) is 6.06. The molecule has 0 fully saturated rings. The lowest BCUT2D eigenvalue weighted by atomic mass is 9.87. The van der Waals surface area contributed by atoms with E-state index in [1.54, 1.807) is 0 Å². The van der Waals surface area contributed by atoms with E-state index in [0.29, 0.717) is 5.89 Å². The molecule has 0 N–H and O–H groups in total. The van der Waals surface area contributed by atoms with E-state index in [-0.39, 0.29) is 11.3 Å². The lowest BCUT2D eigenvalue weighted by Gasteiger charge is -2.18. The molecule has 0 amide bonds. The third kappa shape index (κ3) is 2.82. The van der Waals surface area contributed by atoms with Gasteiger partial charge in [0.2, 0.25) is 5.89 Å². The first-order valence-corrected chi connectivity index (χ1v) is 8.63. The van der Waals surface area contributed by atoms with Gasteiger partial charge in [-0.2, -0.15) is 0 Å². The Balaban J connectivity index is 1.79. The summed E-state index contributed by atoms with van der Waals surface area (Å²) in [5.74, 6) is 1.61. The molecule has 2 heterocycles. The van der Waals surface area contributed by atoms with Crippen molar-refractivity contribution >= 4 is 22.2 Å². The molecule has 25 heavy (non-hydrogen) atoms. The maximum absolute atomic E-state index is 6.02. The minimum absolute atomic E-state index is 0.0765. The second-order valence-electron chi connectivity index (χ2n) is 7.84. The van der Waals surface area contributed by atoms with Crippen molar-refractivity contribution in [1.82, 2.24) is 9.97 Å². The number of nitrogens with zero attached hydrogens (tertiary/aromatic N) is 2. The minimum Gasteiger partial charge on any atom is -0.440 e. The summed E-state index contributed by atoms with van der Waals surface area (Å²) in [4.78, 5) is 9.14. The van der Waals surface area contributed by atoms with E-state index in [4.69, 9.17) is 8.83 Å². The van der Waals surface area contributed by atoms with Gasteiger partial charge in [-0.05, 0) is 41.3 Å². The quantitative estimate of drug-likeness (QED) is 0.447. The van der Waals surface area contributed by atoms with E-state index in [2.05, 4.69) is 56.7 Å². The van der Waals surface area contributed by atoms with E-state index in [0.717, 1.165) is 33.7 Å². The number of aromatic nitrogens is 2. The summed E-state index contributed by atoms with van der Waals surface area (Å²) in [5, 5.41) is 0. The van der Waals surface area contributed by atoms with Crippen molar-refractivity contribution in [3.63, 3.8) is 0 Å². The fourth-order valence-corrected chi connectivity index (χ4v) is 2.84. The van der Waals surface area contributed by atoms with Gasteiger partial charge in [0.05, 0.1) is 0 Å². The second-order valence-corrected chi connectivity index (χ2v) is 7.84. The molecule has 4 nitrogen and oxygen atoms in total. The Morgan fingerprint density at radius 3 is 2.24 bits per heavy atom. The Morgan fingerprint density at radius 1 is 0.840 bits per heavy atom. The molecule has 128 valence electrons. The summed E-state index contributed by atoms with van der Waals surface area (Å²) in [7, 11) is 0. The normalized spacial score (nSPS) is 12.6. The lowest BCUT2D eigenvalue weighted by molar-refractivity contribution is 0.501. The first-order valence-electron chi connectivity index (χ1n) is 8.63. The predicted molar refractivity (Wildman–Crippen MR) is 99.8 cm³/mol. The van der Waals surface area contributed by atoms with Crippen LogP contribution in [0.3, 0.4) is 0 Å². The van der Waals surface area contributed by atoms with Gasteiger partial charge in [-0.1, -0.05) is 40.7 Å². The molecule has 0 atom stereocenters. The highest BCUT2D eigenvalue weighted by molar-refractivity contribution is 5.81. The molecule has 0 aliphatic rings. The van der Waals surface area contributed by atoms with Crippen LogP contribution in [0.4, 0.5) is 0 Å². The SMILES string of the molecule is CC(C)c1nc2ccc(-c3nc4ccc(C(C)(C)C)cc4o3)cc2o1. The summed E-state index contributed by atoms with van der Waals surface area (Å²) < 4.78 is 11.9. The Labute approximate surface area is 146 Å². The second kappa shape index (κ2) is 5.45. The molecule has 4 rings (SSSR count). The van der Waals surface area contributed by atoms with Crippen LogP contribution >= 0.6 is 0 Å². The van der Waals surface area contributed by atoms with Gasteiger partial charge in [-0.15, -0.1) is 0 Å². The van der Waals surface area contributed by atoms with E-state index in [1.165, 1.54) is 5.56 Å². The molecule has 0 spiro atoms. The third-order valence-corrected chi connectivity index (χ3v) is 4.40. The van der Waals surface area contributed by atoms with Crippen molar-refractivity contribution in [3.8, 4) is 11.5 Å². The summed E-state index contributed by atoms with van der Waals surface area (Å²) in [6, 6.07) is 12.1. The van der Waals surface area contributed by atoms with Gasteiger partial charge in [0, 0.05) is 11.5 Å². The van der Waals surface area contributed by atoms with Gasteiger partial charge in [0.25, 0.3) is 0 Å². The smallest absolute Gasteiger partial charge is 0.227 e. The molecule has 0 saturated heterocycles. The van der Waals surface area contributed by atoms with Crippen LogP contribution in [0.15, 0.2) is 45.2 Å². The maximum Gasteiger partial charge on any atom is 0.227 e. The first-order chi connectivity index (χ1) is 11.8. The van der Waals surface area contributed by atoms with Crippen LogP contribution in [-0.2, 0) is 5.41 Å². The summed E-state index contributed by atoms with van der Waals surface area (Å²) in [6.07, 6.45) is 0. The molecule has 2 aromatic carbocycles. The lowest BCUT2D eigenvalue weighted by Crippen LogP contribution is -2.10. The molecule has 2 aromatic heterocycles. The average Bonchev–Trinajstić information content (AvgIpc) is 3.16. The monoisotopic (exact) mass is 334 g/mol. The van der Waals surface area contributed by atoms with Crippen molar-refractivity contribution < 1.29 is 8.83 Å². The summed E-state index contributed by atoms with van der Waals surface area (Å²) in [5.41, 5.74) is 5.50. The summed E-state index contributed by atoms with van der Waals surface area (Å²) in [6.45, 7) is 10.7. The highest BCUT2D eigenvalue weighted by Gasteiger charge is 2.17. The van der Waals surface area contributed by atoms with Crippen LogP contribution in [0.25, 0.3) is 33.7 Å². The summed E-state index contributed by atoms with van der Waals surface area (Å²) >= 11 is 0. The van der Waals surface area contributed by atoms with Crippen molar-refractivity contribution in [3.05, 3.63) is 47.9 Å². The zero-order chi connectivity index (χ0) is 17.8. The van der Waals surface area contributed by atoms with Crippen molar-refractivity contribution in [2.75, 3.05) is 0 Å². The zero-order valence-corrected chi connectivity index (χ0v) is 15.3. The van der Waals surface area contributed by atoms with Gasteiger partial charge in [-0.25, -0.2) is 9.97 Å². The van der Waals surface area contributed by atoms with Gasteiger partial charge in [0.1, 0.15) is 11.0 Å². The van der Waals surface area contributed by atoms with E-state index in [1.807, 2.05) is 24.3 Å². The number of fused-ring (bicyclic) bond motifs is 2. The Hall–Kier alpha value is -2.62. The number of hydrogen-bond acceptors (Lipinski definition) is 4. The Bertz CT molecular complexity index is 1060. The molecular weight excluding hydrogens is 312 g/mol. The first kappa shape index (κ1) is 15.9. The van der Waals surface area contributed by atoms with Crippen molar-refractivity contribution in [1.29, 1.82) is 0 Å². The van der Waals surface area contributed by atoms with Crippen molar-refractivity contribution in [2.24, 2.45) is 0 Å². The molecule has 0 saturated carbocycles. The largest absolute Gasteiger partial charge is 0.440 e. The highest BCUT2D eigenvalue weighted by atomic mass is 16.4. The topological polar surface area (TPSA) is 52.1 Å². The molecule has 0 bridgehead atoms. The van der Waals surface area contributed by atoms with Crippen LogP contribution < -0.4 is 0 Å². The maximum atomic E-state index is 6.02. The fourth-order valence-electron chi connectivity index (χ4n) is 2.84. The average molecular weight is 334 g/mol. The molecular formula is C21H22N2O2. The van der Waals surface area contributed by atoms with Crippen LogP contribution in [-0.4, -0.2) is 9.97 Å². The standard InChI is InChI=1S/C21H22N2O2/c1-12(2)19-22-15-8-6-13(10-17(15)24-19)20-23-16-9-7-14(21(3,4)5)11-18(16)25-20/h6-12H,1-5H3. The van der Waals surface area contributed by atoms with Crippen molar-refractivity contribution in [2.45, 2.75) is 46.0 Å². The van der Waals surface area contributed by atoms with E-state index in [9.17, 15) is 0 Å². The number of rotatable bonds is 2. The molecule has 4 heteroatoms. The van der Waals surface area contributed by atoms with Crippen LogP contribution in [0.1, 0.15) is 52.0 Å². The third-order valence-electron chi connectivity index (χ3n) is 4.40. The van der Waals surface area contributed by atoms with Gasteiger partial charge < -0.3 is 8.83 Å². The van der Waals surface area contributed by atoms with Crippen LogP contribution in [0.5, 0.6) is 0 Å². The zero-order valence-electron chi connectivity index (χ0n) is 15.3. The highest BCUT2D eigenvalue weighted by Crippen LogP contribution is 2.31. The van der Waals surface area contributed by atoms with E-state index < -0.39 is 0 Å². The van der Waals surface area contributed by atoms with Crippen LogP contribution in [0, 0.1) is 0 Å². The van der Waals surface area contributed by atoms with E-state index >= 15 is 0 Å². The molecule has 0 aliphatic carbocycles.